The Hall–Kier alpha value is -3.09. The van der Waals surface area contributed by atoms with Gasteiger partial charge in [-0.25, -0.2) is 4.98 Å². The van der Waals surface area contributed by atoms with Crippen LogP contribution in [0.4, 0.5) is 5.69 Å². The number of hydrogen-bond acceptors (Lipinski definition) is 5. The lowest BCUT2D eigenvalue weighted by Gasteiger charge is -2.26. The normalized spacial score (nSPS) is 19.3. The molecule has 1 aromatic heterocycles. The quantitative estimate of drug-likeness (QED) is 0.401. The Morgan fingerprint density at radius 3 is 2.52 bits per heavy atom. The molecule has 0 N–H and O–H groups in total. The van der Waals surface area contributed by atoms with Gasteiger partial charge in [0.15, 0.2) is 16.8 Å². The number of aryl methyl sites for hydroxylation is 1. The number of para-hydroxylation sites is 1. The van der Waals surface area contributed by atoms with Gasteiger partial charge in [-0.3, -0.25) is 5.01 Å². The summed E-state index contributed by atoms with van der Waals surface area (Å²) < 4.78 is 1.90. The molecule has 2 aliphatic heterocycles. The van der Waals surface area contributed by atoms with Crippen LogP contribution < -0.4 is 5.01 Å². The molecule has 0 saturated carbocycles. The van der Waals surface area contributed by atoms with Gasteiger partial charge in [0.25, 0.3) is 0 Å². The highest BCUT2D eigenvalue weighted by atomic mass is 35.5. The van der Waals surface area contributed by atoms with Crippen molar-refractivity contribution in [3.8, 4) is 11.4 Å². The first-order valence-corrected chi connectivity index (χ1v) is 11.3. The van der Waals surface area contributed by atoms with Crippen molar-refractivity contribution in [1.82, 2.24) is 14.8 Å². The lowest BCUT2D eigenvalue weighted by molar-refractivity contribution is 0.718. The summed E-state index contributed by atoms with van der Waals surface area (Å²) in [5.41, 5.74) is 4.42. The molecular formula is C24H18ClN5S. The number of nitrogens with zero attached hydrogens (tertiary/aromatic N) is 5. The van der Waals surface area contributed by atoms with Crippen molar-refractivity contribution < 1.29 is 0 Å². The minimum atomic E-state index is 0.0330. The van der Waals surface area contributed by atoms with Gasteiger partial charge in [-0.1, -0.05) is 77.5 Å². The molecule has 2 unspecified atom stereocenters. The van der Waals surface area contributed by atoms with E-state index in [1.54, 1.807) is 11.8 Å². The highest BCUT2D eigenvalue weighted by Crippen LogP contribution is 2.47. The summed E-state index contributed by atoms with van der Waals surface area (Å²) in [5, 5.41) is 13.6. The summed E-state index contributed by atoms with van der Waals surface area (Å²) in [4.78, 5) is 4.82. The van der Waals surface area contributed by atoms with Crippen LogP contribution in [0.25, 0.3) is 11.4 Å². The van der Waals surface area contributed by atoms with Crippen molar-refractivity contribution >= 4 is 34.9 Å². The number of hydrogen-bond donors (Lipinski definition) is 0. The summed E-state index contributed by atoms with van der Waals surface area (Å²) >= 11 is 7.87. The first-order chi connectivity index (χ1) is 15.2. The van der Waals surface area contributed by atoms with E-state index in [0.29, 0.717) is 0 Å². The molecule has 0 fully saturated rings. The molecule has 2 atom stereocenters. The Balaban J connectivity index is 1.43. The van der Waals surface area contributed by atoms with Crippen molar-refractivity contribution in [3.63, 3.8) is 0 Å². The van der Waals surface area contributed by atoms with Gasteiger partial charge in [-0.2, -0.15) is 9.78 Å². The molecule has 31 heavy (non-hydrogen) atoms. The molecule has 5 nitrogen and oxygen atoms in total. The number of halogens is 1. The molecule has 0 saturated heterocycles. The lowest BCUT2D eigenvalue weighted by Crippen LogP contribution is -2.27. The van der Waals surface area contributed by atoms with Crippen LogP contribution in [-0.2, 0) is 0 Å². The second-order valence-electron chi connectivity index (χ2n) is 7.67. The zero-order chi connectivity index (χ0) is 20.9. The maximum absolute atomic E-state index is 6.15. The third-order valence-electron chi connectivity index (χ3n) is 5.55. The van der Waals surface area contributed by atoms with Crippen LogP contribution in [0.1, 0.15) is 17.2 Å². The number of thioether (sulfide) groups is 1. The van der Waals surface area contributed by atoms with E-state index >= 15 is 0 Å². The number of rotatable bonds is 3. The van der Waals surface area contributed by atoms with Gasteiger partial charge >= 0.3 is 0 Å². The monoisotopic (exact) mass is 443 g/mol. The van der Waals surface area contributed by atoms with E-state index < -0.39 is 0 Å². The second kappa shape index (κ2) is 7.25. The van der Waals surface area contributed by atoms with Gasteiger partial charge in [0.05, 0.1) is 11.7 Å². The summed E-state index contributed by atoms with van der Waals surface area (Å²) in [7, 11) is 0. The van der Waals surface area contributed by atoms with Gasteiger partial charge in [-0.15, -0.1) is 5.10 Å². The molecule has 2 aliphatic rings. The first kappa shape index (κ1) is 18.7. The maximum atomic E-state index is 6.15. The molecule has 0 spiro atoms. The fourth-order valence-corrected chi connectivity index (χ4v) is 5.48. The standard InChI is InChI=1S/C24H18ClN5S/c1-15-6-5-7-17(14-15)22-26-24-30(27-22)23-21(31-24)20(16-10-12-18(25)13-11-16)29(28-23)19-8-3-2-4-9-19/h2-14,20-21H,1H3. The number of fused-ring (bicyclic) bond motifs is 3. The van der Waals surface area contributed by atoms with Crippen LogP contribution in [0.3, 0.4) is 0 Å². The Labute approximate surface area is 189 Å². The minimum Gasteiger partial charge on any atom is -0.255 e. The molecule has 0 amide bonds. The van der Waals surface area contributed by atoms with E-state index in [-0.39, 0.29) is 11.3 Å². The average Bonchev–Trinajstić information content (AvgIpc) is 3.45. The van der Waals surface area contributed by atoms with E-state index in [4.69, 9.17) is 26.8 Å². The largest absolute Gasteiger partial charge is 0.255 e. The number of hydrazone groups is 1. The lowest BCUT2D eigenvalue weighted by atomic mass is 10.0. The third-order valence-corrected chi connectivity index (χ3v) is 7.00. The van der Waals surface area contributed by atoms with Crippen molar-refractivity contribution in [2.75, 3.05) is 5.01 Å². The van der Waals surface area contributed by atoms with Gasteiger partial charge < -0.3 is 0 Å². The van der Waals surface area contributed by atoms with Gasteiger partial charge in [0.2, 0.25) is 0 Å². The van der Waals surface area contributed by atoms with Gasteiger partial charge in [0.1, 0.15) is 5.25 Å². The molecule has 3 aromatic carbocycles. The summed E-state index contributed by atoms with van der Waals surface area (Å²) in [6.07, 6.45) is 0. The predicted molar refractivity (Wildman–Crippen MR) is 126 cm³/mol. The van der Waals surface area contributed by atoms with Crippen LogP contribution in [0.5, 0.6) is 0 Å². The molecule has 0 aliphatic carbocycles. The second-order valence-corrected chi connectivity index (χ2v) is 9.22. The summed E-state index contributed by atoms with van der Waals surface area (Å²) in [6, 6.07) is 26.6. The Bertz CT molecular complexity index is 1300. The minimum absolute atomic E-state index is 0.0330. The van der Waals surface area contributed by atoms with Gasteiger partial charge in [0, 0.05) is 10.6 Å². The highest BCUT2D eigenvalue weighted by Gasteiger charge is 2.47. The van der Waals surface area contributed by atoms with E-state index in [1.165, 1.54) is 5.56 Å². The predicted octanol–water partition coefficient (Wildman–Crippen LogP) is 5.80. The fraction of sp³-hybridized carbons (Fsp3) is 0.125. The summed E-state index contributed by atoms with van der Waals surface area (Å²) in [6.45, 7) is 2.08. The Morgan fingerprint density at radius 1 is 0.935 bits per heavy atom. The number of aromatic nitrogens is 3. The molecule has 7 heteroatoms. The fourth-order valence-electron chi connectivity index (χ4n) is 4.10. The summed E-state index contributed by atoms with van der Waals surface area (Å²) in [5.74, 6) is 1.64. The first-order valence-electron chi connectivity index (χ1n) is 10.1. The molecule has 0 radical (unpaired) electrons. The highest BCUT2D eigenvalue weighted by molar-refractivity contribution is 8.01. The average molecular weight is 444 g/mol. The van der Waals surface area contributed by atoms with Crippen LogP contribution in [0.2, 0.25) is 5.02 Å². The molecule has 0 bridgehead atoms. The smallest absolute Gasteiger partial charge is 0.193 e. The van der Waals surface area contributed by atoms with Crippen molar-refractivity contribution in [1.29, 1.82) is 0 Å². The molecular weight excluding hydrogens is 426 g/mol. The maximum Gasteiger partial charge on any atom is 0.193 e. The number of anilines is 1. The molecule has 152 valence electrons. The zero-order valence-corrected chi connectivity index (χ0v) is 18.3. The van der Waals surface area contributed by atoms with Crippen molar-refractivity contribution in [3.05, 3.63) is 95.0 Å². The van der Waals surface area contributed by atoms with Crippen LogP contribution in [-0.4, -0.2) is 25.9 Å². The molecule has 3 heterocycles. The molecule has 6 rings (SSSR count). The van der Waals surface area contributed by atoms with E-state index in [2.05, 4.69) is 48.3 Å². The van der Waals surface area contributed by atoms with E-state index in [1.807, 2.05) is 47.1 Å². The topological polar surface area (TPSA) is 46.3 Å². The third kappa shape index (κ3) is 3.14. The van der Waals surface area contributed by atoms with Crippen molar-refractivity contribution in [2.24, 2.45) is 5.10 Å². The van der Waals surface area contributed by atoms with Crippen LogP contribution in [0.15, 0.2) is 89.1 Å². The Morgan fingerprint density at radius 2 is 1.74 bits per heavy atom. The molecule has 4 aromatic rings. The zero-order valence-electron chi connectivity index (χ0n) is 16.7. The van der Waals surface area contributed by atoms with Crippen molar-refractivity contribution in [2.45, 2.75) is 23.4 Å². The Kier molecular flexibility index (Phi) is 4.37. The van der Waals surface area contributed by atoms with Crippen LogP contribution >= 0.6 is 23.4 Å². The van der Waals surface area contributed by atoms with Gasteiger partial charge in [-0.05, 0) is 42.8 Å². The van der Waals surface area contributed by atoms with Crippen LogP contribution in [0, 0.1) is 6.92 Å². The SMILES string of the molecule is Cc1cccc(-c2nc3n(n2)C2=NN(c4ccccc4)C(c4ccc(Cl)cc4)C2S3)c1. The number of benzene rings is 3. The van der Waals surface area contributed by atoms with E-state index in [9.17, 15) is 0 Å². The van der Waals surface area contributed by atoms with E-state index in [0.717, 1.165) is 38.7 Å².